The summed E-state index contributed by atoms with van der Waals surface area (Å²) in [5.41, 5.74) is 3.09. The zero-order valence-electron chi connectivity index (χ0n) is 17.8. The van der Waals surface area contributed by atoms with Crippen molar-refractivity contribution < 1.29 is 4.79 Å². The topological polar surface area (TPSA) is 35.6 Å². The van der Waals surface area contributed by atoms with Crippen LogP contribution in [0, 0.1) is 0 Å². The lowest BCUT2D eigenvalue weighted by atomic mass is 10.1. The number of nitrogens with zero attached hydrogens (tertiary/aromatic N) is 2. The van der Waals surface area contributed by atoms with Crippen LogP contribution in [0.2, 0.25) is 0 Å². The molecule has 0 saturated heterocycles. The average Bonchev–Trinajstić information content (AvgIpc) is 2.73. The Morgan fingerprint density at radius 1 is 1.07 bits per heavy atom. The number of amides is 1. The molecule has 1 aliphatic rings. The molecule has 1 aliphatic heterocycles. The standard InChI is InChI=1S/C23H31N3OS.ClH/c1-5-14-24-23(27)18-12-13-22-20(15-18)26(17(4)16-25(6-2)7-3)19-10-8-9-11-21(19)28-22;/h8-13,15,17H,5-7,14,16H2,1-4H3,(H,24,27);1H. The summed E-state index contributed by atoms with van der Waals surface area (Å²) in [6.45, 7) is 12.5. The van der Waals surface area contributed by atoms with E-state index in [0.29, 0.717) is 12.6 Å². The van der Waals surface area contributed by atoms with Gasteiger partial charge in [-0.05, 0) is 56.8 Å². The molecule has 1 amide bonds. The van der Waals surface area contributed by atoms with Gasteiger partial charge in [-0.3, -0.25) is 4.79 Å². The van der Waals surface area contributed by atoms with E-state index >= 15 is 0 Å². The maximum Gasteiger partial charge on any atom is 0.251 e. The van der Waals surface area contributed by atoms with Gasteiger partial charge >= 0.3 is 0 Å². The molecule has 0 aromatic heterocycles. The molecule has 4 nitrogen and oxygen atoms in total. The van der Waals surface area contributed by atoms with Crippen LogP contribution in [0.5, 0.6) is 0 Å². The van der Waals surface area contributed by atoms with E-state index in [1.54, 1.807) is 11.8 Å². The first-order chi connectivity index (χ1) is 13.6. The smallest absolute Gasteiger partial charge is 0.251 e. The van der Waals surface area contributed by atoms with Gasteiger partial charge in [-0.2, -0.15) is 0 Å². The third-order valence-electron chi connectivity index (χ3n) is 5.22. The molecular formula is C23H32ClN3OS. The van der Waals surface area contributed by atoms with Crippen molar-refractivity contribution in [2.75, 3.05) is 31.1 Å². The van der Waals surface area contributed by atoms with Crippen LogP contribution < -0.4 is 10.2 Å². The van der Waals surface area contributed by atoms with E-state index in [1.165, 1.54) is 15.5 Å². The molecule has 3 rings (SSSR count). The molecule has 29 heavy (non-hydrogen) atoms. The molecule has 0 fully saturated rings. The molecule has 0 saturated carbocycles. The summed E-state index contributed by atoms with van der Waals surface area (Å²) in [6.07, 6.45) is 0.937. The highest BCUT2D eigenvalue weighted by Gasteiger charge is 2.28. The number of rotatable bonds is 8. The Morgan fingerprint density at radius 2 is 1.76 bits per heavy atom. The van der Waals surface area contributed by atoms with Crippen LogP contribution in [0.4, 0.5) is 11.4 Å². The van der Waals surface area contributed by atoms with Gasteiger partial charge in [0.2, 0.25) is 0 Å². The molecule has 0 bridgehead atoms. The molecule has 2 aromatic carbocycles. The van der Waals surface area contributed by atoms with E-state index in [9.17, 15) is 4.79 Å². The molecule has 1 heterocycles. The molecule has 0 spiro atoms. The van der Waals surface area contributed by atoms with E-state index in [-0.39, 0.29) is 18.3 Å². The maximum absolute atomic E-state index is 12.5. The zero-order valence-corrected chi connectivity index (χ0v) is 19.4. The summed E-state index contributed by atoms with van der Waals surface area (Å²) < 4.78 is 0. The van der Waals surface area contributed by atoms with Gasteiger partial charge in [0.1, 0.15) is 0 Å². The van der Waals surface area contributed by atoms with Crippen molar-refractivity contribution in [3.05, 3.63) is 48.0 Å². The minimum Gasteiger partial charge on any atom is -0.352 e. The van der Waals surface area contributed by atoms with E-state index in [2.05, 4.69) is 79.2 Å². The number of hydrogen-bond donors (Lipinski definition) is 1. The highest BCUT2D eigenvalue weighted by Crippen LogP contribution is 2.49. The summed E-state index contributed by atoms with van der Waals surface area (Å²) in [5, 5.41) is 3.00. The fourth-order valence-electron chi connectivity index (χ4n) is 3.68. The second-order valence-electron chi connectivity index (χ2n) is 7.21. The first-order valence-corrected chi connectivity index (χ1v) is 11.1. The number of likely N-dealkylation sites (N-methyl/N-ethyl adjacent to an activating group) is 1. The molecule has 158 valence electrons. The number of fused-ring (bicyclic) bond motifs is 2. The number of anilines is 2. The van der Waals surface area contributed by atoms with E-state index < -0.39 is 0 Å². The van der Waals surface area contributed by atoms with Gasteiger partial charge in [-0.15, -0.1) is 12.4 Å². The summed E-state index contributed by atoms with van der Waals surface area (Å²) in [6, 6.07) is 15.0. The van der Waals surface area contributed by atoms with Gasteiger partial charge in [0.15, 0.2) is 0 Å². The highest BCUT2D eigenvalue weighted by molar-refractivity contribution is 7.99. The highest BCUT2D eigenvalue weighted by atomic mass is 35.5. The maximum atomic E-state index is 12.5. The largest absolute Gasteiger partial charge is 0.352 e. The Labute approximate surface area is 185 Å². The lowest BCUT2D eigenvalue weighted by molar-refractivity contribution is 0.0953. The Balaban J connectivity index is 0.00000300. The van der Waals surface area contributed by atoms with Gasteiger partial charge in [0.25, 0.3) is 5.91 Å². The van der Waals surface area contributed by atoms with Crippen LogP contribution in [-0.4, -0.2) is 43.0 Å². The van der Waals surface area contributed by atoms with Crippen molar-refractivity contribution in [1.29, 1.82) is 0 Å². The lowest BCUT2D eigenvalue weighted by Gasteiger charge is -2.39. The third-order valence-corrected chi connectivity index (χ3v) is 6.35. The van der Waals surface area contributed by atoms with Crippen LogP contribution >= 0.6 is 24.2 Å². The summed E-state index contributed by atoms with van der Waals surface area (Å²) in [5.74, 6) is 0.00449. The SMILES string of the molecule is CCCNC(=O)c1ccc2c(c1)N(C(C)CN(CC)CC)c1ccccc1S2.Cl. The molecule has 1 atom stereocenters. The van der Waals surface area contributed by atoms with Gasteiger partial charge in [0.05, 0.1) is 11.4 Å². The normalized spacial score (nSPS) is 13.3. The lowest BCUT2D eigenvalue weighted by Crippen LogP contribution is -2.41. The predicted molar refractivity (Wildman–Crippen MR) is 126 cm³/mol. The number of carbonyl (C=O) groups is 1. The van der Waals surface area contributed by atoms with E-state index in [1.807, 2.05) is 6.07 Å². The van der Waals surface area contributed by atoms with Gasteiger partial charge in [-0.1, -0.05) is 44.7 Å². The Morgan fingerprint density at radius 3 is 2.45 bits per heavy atom. The second kappa shape index (κ2) is 10.9. The molecule has 1 unspecified atom stereocenters. The van der Waals surface area contributed by atoms with Crippen molar-refractivity contribution in [3.63, 3.8) is 0 Å². The number of benzene rings is 2. The number of hydrogen-bond acceptors (Lipinski definition) is 4. The molecular weight excluding hydrogens is 402 g/mol. The van der Waals surface area contributed by atoms with Crippen molar-refractivity contribution in [2.24, 2.45) is 0 Å². The van der Waals surface area contributed by atoms with Crippen molar-refractivity contribution in [3.8, 4) is 0 Å². The monoisotopic (exact) mass is 433 g/mol. The Kier molecular flexibility index (Phi) is 8.87. The van der Waals surface area contributed by atoms with Crippen molar-refractivity contribution in [1.82, 2.24) is 10.2 Å². The average molecular weight is 434 g/mol. The number of carbonyl (C=O) groups excluding carboxylic acids is 1. The molecule has 0 aliphatic carbocycles. The molecule has 1 N–H and O–H groups in total. The fraction of sp³-hybridized carbons (Fsp3) is 0.435. The number of halogens is 1. The molecule has 0 radical (unpaired) electrons. The minimum absolute atomic E-state index is 0. The van der Waals surface area contributed by atoms with Crippen molar-refractivity contribution in [2.45, 2.75) is 49.9 Å². The summed E-state index contributed by atoms with van der Waals surface area (Å²) in [7, 11) is 0. The van der Waals surface area contributed by atoms with Crippen LogP contribution in [0.3, 0.4) is 0 Å². The van der Waals surface area contributed by atoms with Crippen LogP contribution in [-0.2, 0) is 0 Å². The van der Waals surface area contributed by atoms with Crippen LogP contribution in [0.1, 0.15) is 44.5 Å². The molecule has 6 heteroatoms. The first-order valence-electron chi connectivity index (χ1n) is 10.3. The zero-order chi connectivity index (χ0) is 20.1. The van der Waals surface area contributed by atoms with Crippen LogP contribution in [0.15, 0.2) is 52.3 Å². The second-order valence-corrected chi connectivity index (χ2v) is 8.30. The number of nitrogens with one attached hydrogen (secondary N) is 1. The quantitative estimate of drug-likeness (QED) is 0.589. The fourth-order valence-corrected chi connectivity index (χ4v) is 4.73. The van der Waals surface area contributed by atoms with Gasteiger partial charge in [0, 0.05) is 34.5 Å². The Bertz CT molecular complexity index is 826. The minimum atomic E-state index is 0. The summed E-state index contributed by atoms with van der Waals surface area (Å²) >= 11 is 1.79. The summed E-state index contributed by atoms with van der Waals surface area (Å²) in [4.78, 5) is 19.9. The first kappa shape index (κ1) is 23.6. The van der Waals surface area contributed by atoms with Gasteiger partial charge < -0.3 is 15.1 Å². The van der Waals surface area contributed by atoms with Gasteiger partial charge in [-0.25, -0.2) is 0 Å². The predicted octanol–water partition coefficient (Wildman–Crippen LogP) is 5.58. The van der Waals surface area contributed by atoms with E-state index in [4.69, 9.17) is 0 Å². The van der Waals surface area contributed by atoms with E-state index in [0.717, 1.165) is 37.3 Å². The van der Waals surface area contributed by atoms with Crippen molar-refractivity contribution >= 4 is 41.5 Å². The molecule has 2 aromatic rings. The third kappa shape index (κ3) is 5.27. The van der Waals surface area contributed by atoms with Crippen LogP contribution in [0.25, 0.3) is 0 Å². The number of para-hydroxylation sites is 1. The Hall–Kier alpha value is -1.69.